The summed E-state index contributed by atoms with van der Waals surface area (Å²) in [6, 6.07) is 47.3. The van der Waals surface area contributed by atoms with Crippen molar-refractivity contribution in [3.63, 3.8) is 0 Å². The van der Waals surface area contributed by atoms with Gasteiger partial charge in [-0.2, -0.15) is 0 Å². The van der Waals surface area contributed by atoms with Crippen LogP contribution in [0.4, 0.5) is 0 Å². The van der Waals surface area contributed by atoms with Gasteiger partial charge >= 0.3 is 0 Å². The highest BCUT2D eigenvalue weighted by Crippen LogP contribution is 2.50. The maximum Gasteiger partial charge on any atom is 0.261 e. The highest BCUT2D eigenvalue weighted by atomic mass is 16.1. The Balaban J connectivity index is 1.21. The molecule has 0 bridgehead atoms. The third-order valence-electron chi connectivity index (χ3n) is 10.3. The molecule has 3 nitrogen and oxygen atoms in total. The maximum atomic E-state index is 14.6. The lowest BCUT2D eigenvalue weighted by molar-refractivity contribution is 0.649. The van der Waals surface area contributed by atoms with Crippen molar-refractivity contribution >= 4 is 48.7 Å². The lowest BCUT2D eigenvalue weighted by atomic mass is 9.83. The van der Waals surface area contributed by atoms with Crippen LogP contribution in [0.3, 0.4) is 0 Å². The van der Waals surface area contributed by atoms with Gasteiger partial charge in [0.05, 0.1) is 11.0 Å². The predicted octanol–water partition coefficient (Wildman–Crippen LogP) is 10.4. The minimum atomic E-state index is -0.412. The molecule has 0 fully saturated rings. The van der Waals surface area contributed by atoms with Gasteiger partial charge in [0.2, 0.25) is 0 Å². The van der Waals surface area contributed by atoms with E-state index in [0.717, 1.165) is 49.8 Å². The van der Waals surface area contributed by atoms with E-state index in [-0.39, 0.29) is 5.56 Å². The Bertz CT molecular complexity index is 2770. The van der Waals surface area contributed by atoms with Crippen LogP contribution < -0.4 is 5.56 Å². The molecule has 2 aromatic heterocycles. The number of nitrogens with zero attached hydrogens (tertiary/aromatic N) is 2. The third-order valence-corrected chi connectivity index (χ3v) is 10.3. The molecule has 9 aromatic rings. The first-order chi connectivity index (χ1) is 22.5. The number of imidazole rings is 1. The van der Waals surface area contributed by atoms with Gasteiger partial charge in [-0.1, -0.05) is 129 Å². The van der Waals surface area contributed by atoms with E-state index in [1.54, 1.807) is 0 Å². The topological polar surface area (TPSA) is 34.4 Å². The number of benzene rings is 7. The number of rotatable bonds is 2. The van der Waals surface area contributed by atoms with Crippen LogP contribution in [-0.2, 0) is 5.41 Å². The maximum absolute atomic E-state index is 14.6. The van der Waals surface area contributed by atoms with Gasteiger partial charge < -0.3 is 0 Å². The van der Waals surface area contributed by atoms with Crippen LogP contribution in [0.5, 0.6) is 0 Å². The molecule has 0 radical (unpaired) electrons. The van der Waals surface area contributed by atoms with Crippen LogP contribution in [0.25, 0.3) is 82.4 Å². The van der Waals surface area contributed by atoms with Crippen molar-refractivity contribution in [2.75, 3.05) is 0 Å². The fourth-order valence-corrected chi connectivity index (χ4v) is 8.24. The molecule has 1 aliphatic carbocycles. The third kappa shape index (κ3) is 3.22. The normalized spacial score (nSPS) is 13.7. The number of aromatic nitrogens is 2. The smallest absolute Gasteiger partial charge is 0.261 e. The van der Waals surface area contributed by atoms with Gasteiger partial charge in [0, 0.05) is 27.5 Å². The number of para-hydroxylation sites is 1. The van der Waals surface area contributed by atoms with E-state index < -0.39 is 5.41 Å². The molecule has 3 heteroatoms. The zero-order chi connectivity index (χ0) is 30.7. The summed E-state index contributed by atoms with van der Waals surface area (Å²) in [7, 11) is 0. The van der Waals surface area contributed by atoms with E-state index in [2.05, 4.69) is 141 Å². The Morgan fingerprint density at radius 2 is 1.13 bits per heavy atom. The molecule has 216 valence electrons. The Hall–Kier alpha value is -5.80. The van der Waals surface area contributed by atoms with Gasteiger partial charge in [0.25, 0.3) is 5.56 Å². The summed E-state index contributed by atoms with van der Waals surface area (Å²) < 4.78 is 1.87. The van der Waals surface area contributed by atoms with Crippen molar-refractivity contribution in [1.29, 1.82) is 0 Å². The Kier molecular flexibility index (Phi) is 4.93. The molecule has 10 rings (SSSR count). The average Bonchev–Trinajstić information content (AvgIpc) is 3.61. The van der Waals surface area contributed by atoms with Gasteiger partial charge in [0.1, 0.15) is 5.82 Å². The largest absolute Gasteiger partial charge is 0.269 e. The van der Waals surface area contributed by atoms with Crippen LogP contribution in [0.1, 0.15) is 25.0 Å². The quantitative estimate of drug-likeness (QED) is 0.188. The molecule has 0 atom stereocenters. The first-order valence-corrected chi connectivity index (χ1v) is 15.9. The minimum absolute atomic E-state index is 0.0156. The van der Waals surface area contributed by atoms with Gasteiger partial charge in [-0.3, -0.25) is 9.20 Å². The van der Waals surface area contributed by atoms with E-state index in [1.807, 2.05) is 10.5 Å². The molecule has 0 N–H and O–H groups in total. The molecule has 7 aromatic carbocycles. The fourth-order valence-electron chi connectivity index (χ4n) is 8.24. The SMILES string of the molecule is CC1(C)c2ccccc2-c2c1c(=O)n1c(-c3cccc(-c4ccc5c6ccccc6c6ccccc6c5c4)c3)nc3cccc2c31. The molecule has 0 spiro atoms. The van der Waals surface area contributed by atoms with E-state index in [9.17, 15) is 4.79 Å². The summed E-state index contributed by atoms with van der Waals surface area (Å²) in [5.74, 6) is 0.685. The summed E-state index contributed by atoms with van der Waals surface area (Å²) in [5.41, 5.74) is 8.73. The molecule has 46 heavy (non-hydrogen) atoms. The van der Waals surface area contributed by atoms with Crippen LogP contribution in [0, 0.1) is 0 Å². The molecular formula is C43H28N2O. The van der Waals surface area contributed by atoms with Crippen molar-refractivity contribution in [1.82, 2.24) is 9.38 Å². The summed E-state index contributed by atoms with van der Waals surface area (Å²) in [4.78, 5) is 19.7. The average molecular weight is 589 g/mol. The summed E-state index contributed by atoms with van der Waals surface area (Å²) in [5, 5.41) is 8.62. The molecule has 2 heterocycles. The number of hydrogen-bond donors (Lipinski definition) is 0. The van der Waals surface area contributed by atoms with Gasteiger partial charge in [-0.25, -0.2) is 4.98 Å². The van der Waals surface area contributed by atoms with E-state index in [0.29, 0.717) is 5.82 Å². The standard InChI is InChI=1S/C43H28N2O/c1-43(2)36-19-8-7-17-33(36)38-34-18-10-20-37-40(34)45(42(46)39(38)43)41(44-37)27-12-9-11-25(23-27)26-21-22-32-30-15-4-3-13-28(30)29-14-5-6-16-31(29)35(32)24-26/h3-24H,1-2H3. The number of pyridine rings is 1. The summed E-state index contributed by atoms with van der Waals surface area (Å²) in [6.07, 6.45) is 0. The van der Waals surface area contributed by atoms with Crippen molar-refractivity contribution in [2.45, 2.75) is 19.3 Å². The second-order valence-electron chi connectivity index (χ2n) is 13.1. The molecule has 0 amide bonds. The minimum Gasteiger partial charge on any atom is -0.269 e. The van der Waals surface area contributed by atoms with E-state index in [4.69, 9.17) is 4.98 Å². The Labute approximate surface area is 265 Å². The van der Waals surface area contributed by atoms with Gasteiger partial charge in [-0.15, -0.1) is 0 Å². The van der Waals surface area contributed by atoms with Crippen molar-refractivity contribution in [3.8, 4) is 33.6 Å². The molecule has 0 unspecified atom stereocenters. The molecule has 1 aliphatic rings. The Morgan fingerprint density at radius 1 is 0.543 bits per heavy atom. The second kappa shape index (κ2) is 8.89. The lowest BCUT2D eigenvalue weighted by Gasteiger charge is -2.21. The molecule has 0 saturated heterocycles. The first-order valence-electron chi connectivity index (χ1n) is 15.9. The molecular weight excluding hydrogens is 560 g/mol. The Morgan fingerprint density at radius 3 is 1.89 bits per heavy atom. The highest BCUT2D eigenvalue weighted by molar-refractivity contribution is 6.25. The monoisotopic (exact) mass is 588 g/mol. The van der Waals surface area contributed by atoms with Crippen molar-refractivity contribution < 1.29 is 0 Å². The predicted molar refractivity (Wildman–Crippen MR) is 191 cm³/mol. The van der Waals surface area contributed by atoms with Crippen LogP contribution >= 0.6 is 0 Å². The molecule has 0 aliphatic heterocycles. The number of fused-ring (bicyclic) bond motifs is 10. The van der Waals surface area contributed by atoms with Crippen molar-refractivity contribution in [2.24, 2.45) is 0 Å². The summed E-state index contributed by atoms with van der Waals surface area (Å²) in [6.45, 7) is 4.34. The lowest BCUT2D eigenvalue weighted by Crippen LogP contribution is -2.28. The van der Waals surface area contributed by atoms with Crippen LogP contribution in [0.15, 0.2) is 138 Å². The van der Waals surface area contributed by atoms with Crippen LogP contribution in [0.2, 0.25) is 0 Å². The van der Waals surface area contributed by atoms with Crippen LogP contribution in [-0.4, -0.2) is 9.38 Å². The first kappa shape index (κ1) is 25.5. The van der Waals surface area contributed by atoms with Crippen molar-refractivity contribution in [3.05, 3.63) is 155 Å². The zero-order valence-corrected chi connectivity index (χ0v) is 25.5. The van der Waals surface area contributed by atoms with E-state index >= 15 is 0 Å². The van der Waals surface area contributed by atoms with E-state index in [1.165, 1.54) is 37.9 Å². The fraction of sp³-hybridized carbons (Fsp3) is 0.0698. The second-order valence-corrected chi connectivity index (χ2v) is 13.1. The highest BCUT2D eigenvalue weighted by Gasteiger charge is 2.40. The number of hydrogen-bond acceptors (Lipinski definition) is 2. The zero-order valence-electron chi connectivity index (χ0n) is 25.5. The van der Waals surface area contributed by atoms with Gasteiger partial charge in [-0.05, 0) is 72.8 Å². The van der Waals surface area contributed by atoms with Gasteiger partial charge in [0.15, 0.2) is 0 Å². The molecule has 0 saturated carbocycles. The summed E-state index contributed by atoms with van der Waals surface area (Å²) >= 11 is 0.